The van der Waals surface area contributed by atoms with E-state index in [0.29, 0.717) is 22.4 Å². The van der Waals surface area contributed by atoms with Crippen LogP contribution in [0.2, 0.25) is 0 Å². The molecule has 0 saturated carbocycles. The molecule has 2 heterocycles. The van der Waals surface area contributed by atoms with Gasteiger partial charge in [0.25, 0.3) is 5.56 Å². The van der Waals surface area contributed by atoms with Gasteiger partial charge in [0, 0.05) is 10.3 Å². The molecule has 2 aromatic carbocycles. The van der Waals surface area contributed by atoms with Crippen molar-refractivity contribution in [2.24, 2.45) is 0 Å². The zero-order chi connectivity index (χ0) is 21.1. The van der Waals surface area contributed by atoms with Gasteiger partial charge < -0.3 is 5.32 Å². The number of hydrogen-bond donors (Lipinski definition) is 2. The topological polar surface area (TPSA) is 74.8 Å². The summed E-state index contributed by atoms with van der Waals surface area (Å²) in [4.78, 5) is 26.0. The van der Waals surface area contributed by atoms with E-state index < -0.39 is 0 Å². The first-order chi connectivity index (χ1) is 14.5. The second-order valence-corrected chi connectivity index (χ2v) is 8.54. The Labute approximate surface area is 178 Å². The number of nitrogens with zero attached hydrogens (tertiary/aromatic N) is 1. The van der Waals surface area contributed by atoms with Gasteiger partial charge in [-0.1, -0.05) is 62.4 Å². The molecule has 6 heteroatoms. The predicted octanol–water partition coefficient (Wildman–Crippen LogP) is 4.56. The molecule has 0 spiro atoms. The van der Waals surface area contributed by atoms with Gasteiger partial charge in [-0.05, 0) is 34.6 Å². The molecule has 0 aliphatic heterocycles. The van der Waals surface area contributed by atoms with Crippen molar-refractivity contribution in [1.29, 1.82) is 0 Å². The Kier molecular flexibility index (Phi) is 5.77. The average molecular weight is 418 g/mol. The van der Waals surface area contributed by atoms with E-state index in [0.717, 1.165) is 10.4 Å². The van der Waals surface area contributed by atoms with Crippen molar-refractivity contribution in [3.63, 3.8) is 0 Å². The van der Waals surface area contributed by atoms with Crippen LogP contribution in [0.5, 0.6) is 0 Å². The lowest BCUT2D eigenvalue weighted by Gasteiger charge is -2.19. The summed E-state index contributed by atoms with van der Waals surface area (Å²) in [6.07, 6.45) is 0.0866. The molecule has 0 aliphatic rings. The summed E-state index contributed by atoms with van der Waals surface area (Å²) in [6.45, 7) is 4.32. The minimum atomic E-state index is -0.253. The molecular formula is C24H23N3O2S. The second-order valence-electron chi connectivity index (χ2n) is 7.56. The highest BCUT2D eigenvalue weighted by Crippen LogP contribution is 2.27. The van der Waals surface area contributed by atoms with Gasteiger partial charge in [0.1, 0.15) is 0 Å². The van der Waals surface area contributed by atoms with Crippen LogP contribution in [0.4, 0.5) is 0 Å². The summed E-state index contributed by atoms with van der Waals surface area (Å²) in [6, 6.07) is 19.4. The Morgan fingerprint density at radius 2 is 1.70 bits per heavy atom. The van der Waals surface area contributed by atoms with Crippen molar-refractivity contribution in [2.45, 2.75) is 32.2 Å². The third-order valence-corrected chi connectivity index (χ3v) is 6.11. The third kappa shape index (κ3) is 4.19. The molecule has 0 unspecified atom stereocenters. The SMILES string of the molecule is CC(C)c1ccc([C@@H](NC(=O)Cc2n[nH]c(=O)c3ccccc23)c2cccs2)cc1. The quantitative estimate of drug-likeness (QED) is 0.483. The highest BCUT2D eigenvalue weighted by atomic mass is 32.1. The number of H-pyrrole nitrogens is 1. The third-order valence-electron chi connectivity index (χ3n) is 5.17. The van der Waals surface area contributed by atoms with E-state index in [2.05, 4.69) is 53.6 Å². The van der Waals surface area contributed by atoms with Gasteiger partial charge in [-0.3, -0.25) is 9.59 Å². The molecule has 1 atom stereocenters. The summed E-state index contributed by atoms with van der Waals surface area (Å²) in [5.41, 5.74) is 2.60. The van der Waals surface area contributed by atoms with E-state index in [1.807, 2.05) is 29.6 Å². The Balaban J connectivity index is 1.60. The fourth-order valence-electron chi connectivity index (χ4n) is 3.52. The van der Waals surface area contributed by atoms with Crippen LogP contribution in [-0.4, -0.2) is 16.1 Å². The lowest BCUT2D eigenvalue weighted by molar-refractivity contribution is -0.121. The average Bonchev–Trinajstić information content (AvgIpc) is 3.29. The maximum absolute atomic E-state index is 13.0. The number of benzene rings is 2. The Morgan fingerprint density at radius 3 is 2.37 bits per heavy atom. The molecule has 4 rings (SSSR count). The number of carbonyl (C=O) groups is 1. The molecule has 0 fully saturated rings. The van der Waals surface area contributed by atoms with Crippen molar-refractivity contribution < 1.29 is 4.79 Å². The van der Waals surface area contributed by atoms with E-state index in [1.165, 1.54) is 5.56 Å². The van der Waals surface area contributed by atoms with Gasteiger partial charge >= 0.3 is 0 Å². The van der Waals surface area contributed by atoms with Gasteiger partial charge in [-0.2, -0.15) is 5.10 Å². The van der Waals surface area contributed by atoms with Crippen molar-refractivity contribution >= 4 is 28.0 Å². The molecule has 0 radical (unpaired) electrons. The van der Waals surface area contributed by atoms with E-state index in [9.17, 15) is 9.59 Å². The van der Waals surface area contributed by atoms with Crippen LogP contribution < -0.4 is 10.9 Å². The first-order valence-corrected chi connectivity index (χ1v) is 10.8. The summed E-state index contributed by atoms with van der Waals surface area (Å²) in [5, 5.41) is 13.0. The monoisotopic (exact) mass is 417 g/mol. The number of rotatable bonds is 6. The molecule has 0 aliphatic carbocycles. The van der Waals surface area contributed by atoms with Gasteiger partial charge in [0.2, 0.25) is 5.91 Å². The number of thiophene rings is 1. The molecule has 4 aromatic rings. The maximum Gasteiger partial charge on any atom is 0.272 e. The van der Waals surface area contributed by atoms with Crippen molar-refractivity contribution in [3.05, 3.63) is 98.1 Å². The van der Waals surface area contributed by atoms with Gasteiger partial charge in [0.15, 0.2) is 0 Å². The van der Waals surface area contributed by atoms with Crippen LogP contribution in [0.1, 0.15) is 47.5 Å². The van der Waals surface area contributed by atoms with Gasteiger partial charge in [0.05, 0.1) is 23.5 Å². The minimum Gasteiger partial charge on any atom is -0.344 e. The van der Waals surface area contributed by atoms with Crippen LogP contribution in [0.3, 0.4) is 0 Å². The summed E-state index contributed by atoms with van der Waals surface area (Å²) >= 11 is 1.61. The molecular weight excluding hydrogens is 394 g/mol. The summed E-state index contributed by atoms with van der Waals surface area (Å²) in [7, 11) is 0. The Morgan fingerprint density at radius 1 is 1.00 bits per heavy atom. The number of carbonyl (C=O) groups excluding carboxylic acids is 1. The maximum atomic E-state index is 13.0. The van der Waals surface area contributed by atoms with E-state index in [-0.39, 0.29) is 23.9 Å². The fourth-order valence-corrected chi connectivity index (χ4v) is 4.32. The normalized spacial score (nSPS) is 12.2. The van der Waals surface area contributed by atoms with Crippen LogP contribution in [0, 0.1) is 0 Å². The number of amides is 1. The lowest BCUT2D eigenvalue weighted by Crippen LogP contribution is -2.30. The van der Waals surface area contributed by atoms with Crippen molar-refractivity contribution in [1.82, 2.24) is 15.5 Å². The smallest absolute Gasteiger partial charge is 0.272 e. The molecule has 1 amide bonds. The number of hydrogen-bond acceptors (Lipinski definition) is 4. The number of fused-ring (bicyclic) bond motifs is 1. The Hall–Kier alpha value is -3.25. The van der Waals surface area contributed by atoms with Crippen molar-refractivity contribution in [3.8, 4) is 0 Å². The predicted molar refractivity (Wildman–Crippen MR) is 121 cm³/mol. The van der Waals surface area contributed by atoms with E-state index in [4.69, 9.17) is 0 Å². The highest BCUT2D eigenvalue weighted by molar-refractivity contribution is 7.10. The standard InChI is InChI=1S/C24H23N3O2S/c1-15(2)16-9-11-17(12-10-16)23(21-8-5-13-30-21)25-22(28)14-20-18-6-3-4-7-19(18)24(29)27-26-20/h3-13,15,23H,14H2,1-2H3,(H,25,28)(H,27,29)/t23-/m1/s1. The highest BCUT2D eigenvalue weighted by Gasteiger charge is 2.19. The first kappa shape index (κ1) is 20.0. The van der Waals surface area contributed by atoms with Crippen LogP contribution in [0.15, 0.2) is 70.8 Å². The zero-order valence-corrected chi connectivity index (χ0v) is 17.7. The summed E-state index contributed by atoms with van der Waals surface area (Å²) in [5.74, 6) is 0.305. The molecule has 152 valence electrons. The second kappa shape index (κ2) is 8.63. The number of nitrogens with one attached hydrogen (secondary N) is 2. The minimum absolute atomic E-state index is 0.0866. The van der Waals surface area contributed by atoms with Crippen molar-refractivity contribution in [2.75, 3.05) is 0 Å². The van der Waals surface area contributed by atoms with Gasteiger partial charge in [-0.25, -0.2) is 5.10 Å². The fraction of sp³-hybridized carbons (Fsp3) is 0.208. The lowest BCUT2D eigenvalue weighted by atomic mass is 9.98. The first-order valence-electron chi connectivity index (χ1n) is 9.92. The largest absolute Gasteiger partial charge is 0.344 e. The molecule has 0 saturated heterocycles. The zero-order valence-electron chi connectivity index (χ0n) is 16.9. The molecule has 30 heavy (non-hydrogen) atoms. The molecule has 2 aromatic heterocycles. The molecule has 0 bridgehead atoms. The Bertz CT molecular complexity index is 1210. The molecule has 2 N–H and O–H groups in total. The van der Waals surface area contributed by atoms with Crippen LogP contribution in [0.25, 0.3) is 10.8 Å². The summed E-state index contributed by atoms with van der Waals surface area (Å²) < 4.78 is 0. The molecule has 5 nitrogen and oxygen atoms in total. The number of aromatic nitrogens is 2. The van der Waals surface area contributed by atoms with E-state index in [1.54, 1.807) is 23.5 Å². The van der Waals surface area contributed by atoms with Crippen LogP contribution in [-0.2, 0) is 11.2 Å². The van der Waals surface area contributed by atoms with E-state index >= 15 is 0 Å². The van der Waals surface area contributed by atoms with Crippen LogP contribution >= 0.6 is 11.3 Å². The number of aromatic amines is 1. The van der Waals surface area contributed by atoms with Gasteiger partial charge in [-0.15, -0.1) is 11.3 Å².